The minimum atomic E-state index is 0.942. The van der Waals surface area contributed by atoms with Crippen molar-refractivity contribution in [2.24, 2.45) is 4.99 Å². The molecular weight excluding hydrogens is 124 g/mol. The Labute approximate surface area is 60.3 Å². The summed E-state index contributed by atoms with van der Waals surface area (Å²) in [5.74, 6) is 0. The molecule has 1 heterocycles. The molecule has 52 valence electrons. The van der Waals surface area contributed by atoms with Gasteiger partial charge in [0, 0.05) is 12.4 Å². The van der Waals surface area contributed by atoms with Gasteiger partial charge in [-0.25, -0.2) is 0 Å². The van der Waals surface area contributed by atoms with E-state index >= 15 is 0 Å². The number of nitrogens with one attached hydrogen (secondary N) is 1. The summed E-state index contributed by atoms with van der Waals surface area (Å²) >= 11 is 0. The maximum atomic E-state index is 4.11. The van der Waals surface area contributed by atoms with Crippen molar-refractivity contribution < 1.29 is 0 Å². The first kappa shape index (κ1) is 6.81. The lowest BCUT2D eigenvalue weighted by atomic mass is 10.4. The van der Waals surface area contributed by atoms with Crippen molar-refractivity contribution >= 4 is 18.0 Å². The third kappa shape index (κ3) is 1.16. The van der Waals surface area contributed by atoms with Crippen LogP contribution in [0, 0.1) is 0 Å². The van der Waals surface area contributed by atoms with Crippen molar-refractivity contribution in [1.29, 1.82) is 0 Å². The zero-order chi connectivity index (χ0) is 7.40. The average molecular weight is 134 g/mol. The zero-order valence-corrected chi connectivity index (χ0v) is 5.96. The Morgan fingerprint density at radius 3 is 3.10 bits per heavy atom. The molecule has 1 aromatic rings. The van der Waals surface area contributed by atoms with Gasteiger partial charge in [0.15, 0.2) is 0 Å². The van der Waals surface area contributed by atoms with E-state index in [1.54, 1.807) is 12.3 Å². The normalized spacial score (nSPS) is 10.5. The highest BCUT2D eigenvalue weighted by Gasteiger charge is 1.93. The first-order chi connectivity index (χ1) is 4.88. The van der Waals surface area contributed by atoms with Crippen LogP contribution in [0.5, 0.6) is 0 Å². The molecule has 1 N–H and O–H groups in total. The van der Waals surface area contributed by atoms with Crippen LogP contribution in [-0.2, 0) is 0 Å². The molecule has 10 heavy (non-hydrogen) atoms. The molecule has 0 radical (unpaired) electrons. The standard InChI is InChI=1S/C8H10N2/c1-3-7-8(9-4-2)5-6-10-7/h3-6,10H,1H2,2H3. The van der Waals surface area contributed by atoms with Gasteiger partial charge in [0.1, 0.15) is 0 Å². The fourth-order valence-electron chi connectivity index (χ4n) is 0.789. The van der Waals surface area contributed by atoms with Gasteiger partial charge in [-0.15, -0.1) is 0 Å². The Hall–Kier alpha value is -1.31. The maximum absolute atomic E-state index is 4.11. The molecule has 0 fully saturated rings. The molecule has 1 rings (SSSR count). The second-order valence-corrected chi connectivity index (χ2v) is 1.87. The Morgan fingerprint density at radius 1 is 1.70 bits per heavy atom. The van der Waals surface area contributed by atoms with E-state index < -0.39 is 0 Å². The van der Waals surface area contributed by atoms with Crippen LogP contribution in [0.15, 0.2) is 23.8 Å². The molecule has 0 amide bonds. The number of H-pyrrole nitrogens is 1. The lowest BCUT2D eigenvalue weighted by molar-refractivity contribution is 1.37. The van der Waals surface area contributed by atoms with Crippen LogP contribution in [0.2, 0.25) is 0 Å². The number of aliphatic imine (C=N–C) groups is 1. The van der Waals surface area contributed by atoms with Gasteiger partial charge in [-0.2, -0.15) is 0 Å². The van der Waals surface area contributed by atoms with Gasteiger partial charge in [0.2, 0.25) is 0 Å². The zero-order valence-electron chi connectivity index (χ0n) is 5.96. The largest absolute Gasteiger partial charge is 0.360 e. The van der Waals surface area contributed by atoms with Gasteiger partial charge >= 0.3 is 0 Å². The molecule has 0 unspecified atom stereocenters. The summed E-state index contributed by atoms with van der Waals surface area (Å²) in [6.07, 6.45) is 5.36. The molecule has 2 heteroatoms. The summed E-state index contributed by atoms with van der Waals surface area (Å²) in [6, 6.07) is 1.91. The molecular formula is C8H10N2. The molecule has 0 bridgehead atoms. The number of aromatic nitrogens is 1. The fourth-order valence-corrected chi connectivity index (χ4v) is 0.789. The maximum Gasteiger partial charge on any atom is 0.0874 e. The van der Waals surface area contributed by atoms with Crippen LogP contribution in [0.4, 0.5) is 5.69 Å². The summed E-state index contributed by atoms with van der Waals surface area (Å²) in [5, 5.41) is 0. The van der Waals surface area contributed by atoms with E-state index in [9.17, 15) is 0 Å². The van der Waals surface area contributed by atoms with Gasteiger partial charge in [-0.05, 0) is 19.1 Å². The lowest BCUT2D eigenvalue weighted by Crippen LogP contribution is -1.68. The van der Waals surface area contributed by atoms with Crippen LogP contribution < -0.4 is 0 Å². The molecule has 0 aliphatic rings. The Balaban J connectivity index is 3.00. The van der Waals surface area contributed by atoms with E-state index in [0.717, 1.165) is 11.4 Å². The van der Waals surface area contributed by atoms with Crippen LogP contribution >= 0.6 is 0 Å². The average Bonchev–Trinajstić information content (AvgIpc) is 2.36. The minimum absolute atomic E-state index is 0.942. The number of hydrogen-bond acceptors (Lipinski definition) is 1. The van der Waals surface area contributed by atoms with Gasteiger partial charge in [-0.3, -0.25) is 4.99 Å². The molecule has 0 aromatic carbocycles. The van der Waals surface area contributed by atoms with Gasteiger partial charge in [0.05, 0.1) is 11.4 Å². The monoisotopic (exact) mass is 134 g/mol. The summed E-state index contributed by atoms with van der Waals surface area (Å²) in [7, 11) is 0. The SMILES string of the molecule is C=Cc1[nH]ccc1N=CC. The number of hydrogen-bond donors (Lipinski definition) is 1. The van der Waals surface area contributed by atoms with Gasteiger partial charge < -0.3 is 4.98 Å². The van der Waals surface area contributed by atoms with Crippen LogP contribution in [0.3, 0.4) is 0 Å². The van der Waals surface area contributed by atoms with Crippen LogP contribution in [-0.4, -0.2) is 11.2 Å². The van der Waals surface area contributed by atoms with Gasteiger partial charge in [0.25, 0.3) is 0 Å². The van der Waals surface area contributed by atoms with E-state index in [4.69, 9.17) is 0 Å². The first-order valence-electron chi connectivity index (χ1n) is 3.17. The Bertz CT molecular complexity index is 246. The van der Waals surface area contributed by atoms with E-state index in [0.29, 0.717) is 0 Å². The van der Waals surface area contributed by atoms with E-state index in [1.165, 1.54) is 0 Å². The highest BCUT2D eigenvalue weighted by atomic mass is 14.8. The molecule has 0 atom stereocenters. The van der Waals surface area contributed by atoms with Crippen molar-refractivity contribution in [3.63, 3.8) is 0 Å². The number of nitrogens with zero attached hydrogens (tertiary/aromatic N) is 1. The summed E-state index contributed by atoms with van der Waals surface area (Å²) in [4.78, 5) is 7.12. The van der Waals surface area contributed by atoms with Gasteiger partial charge in [-0.1, -0.05) is 6.58 Å². The predicted octanol–water partition coefficient (Wildman–Crippen LogP) is 2.38. The molecule has 0 spiro atoms. The second-order valence-electron chi connectivity index (χ2n) is 1.87. The molecule has 1 aromatic heterocycles. The molecule has 2 nitrogen and oxygen atoms in total. The van der Waals surface area contributed by atoms with Crippen molar-refractivity contribution in [3.8, 4) is 0 Å². The molecule has 0 saturated carbocycles. The third-order valence-electron chi connectivity index (χ3n) is 1.23. The number of rotatable bonds is 2. The van der Waals surface area contributed by atoms with E-state index in [-0.39, 0.29) is 0 Å². The molecule has 0 saturated heterocycles. The van der Waals surface area contributed by atoms with Crippen molar-refractivity contribution in [1.82, 2.24) is 4.98 Å². The minimum Gasteiger partial charge on any atom is -0.360 e. The molecule has 0 aliphatic carbocycles. The fraction of sp³-hybridized carbons (Fsp3) is 0.125. The van der Waals surface area contributed by atoms with Crippen molar-refractivity contribution in [3.05, 3.63) is 24.5 Å². The topological polar surface area (TPSA) is 28.1 Å². The predicted molar refractivity (Wildman–Crippen MR) is 44.7 cm³/mol. The van der Waals surface area contributed by atoms with Crippen LogP contribution in [0.25, 0.3) is 6.08 Å². The Morgan fingerprint density at radius 2 is 2.50 bits per heavy atom. The highest BCUT2D eigenvalue weighted by Crippen LogP contribution is 2.17. The van der Waals surface area contributed by atoms with Crippen LogP contribution in [0.1, 0.15) is 12.6 Å². The third-order valence-corrected chi connectivity index (χ3v) is 1.23. The summed E-state index contributed by atoms with van der Waals surface area (Å²) in [5.41, 5.74) is 1.91. The smallest absolute Gasteiger partial charge is 0.0874 e. The number of aromatic amines is 1. The first-order valence-corrected chi connectivity index (χ1v) is 3.17. The quantitative estimate of drug-likeness (QED) is 0.601. The lowest BCUT2D eigenvalue weighted by Gasteiger charge is -1.87. The highest BCUT2D eigenvalue weighted by molar-refractivity contribution is 5.66. The molecule has 0 aliphatic heterocycles. The summed E-state index contributed by atoms with van der Waals surface area (Å²) < 4.78 is 0. The Kier molecular flexibility index (Phi) is 2.05. The van der Waals surface area contributed by atoms with Crippen molar-refractivity contribution in [2.45, 2.75) is 6.92 Å². The van der Waals surface area contributed by atoms with Crippen molar-refractivity contribution in [2.75, 3.05) is 0 Å². The van der Waals surface area contributed by atoms with E-state index in [2.05, 4.69) is 16.6 Å². The summed E-state index contributed by atoms with van der Waals surface area (Å²) in [6.45, 7) is 5.53. The second kappa shape index (κ2) is 3.01. The van der Waals surface area contributed by atoms with E-state index in [1.807, 2.05) is 19.2 Å².